The fraction of sp³-hybridized carbons (Fsp3) is 0.867. The van der Waals surface area contributed by atoms with Crippen molar-refractivity contribution in [3.05, 3.63) is 0 Å². The van der Waals surface area contributed by atoms with Gasteiger partial charge in [0.15, 0.2) is 0 Å². The third-order valence-electron chi connectivity index (χ3n) is 4.95. The predicted octanol–water partition coefficient (Wildman–Crippen LogP) is 2.12. The molecule has 2 bridgehead atoms. The molecule has 1 heterocycles. The summed E-state index contributed by atoms with van der Waals surface area (Å²) in [6.45, 7) is 0.872. The van der Waals surface area contributed by atoms with Gasteiger partial charge in [-0.25, -0.2) is 0 Å². The van der Waals surface area contributed by atoms with Gasteiger partial charge in [0.25, 0.3) is 0 Å². The van der Waals surface area contributed by atoms with Crippen LogP contribution in [0.15, 0.2) is 0 Å². The molecular weight excluding hydrogens is 242 g/mol. The Kier molecular flexibility index (Phi) is 3.76. The van der Waals surface area contributed by atoms with E-state index in [0.717, 1.165) is 31.6 Å². The molecule has 2 saturated carbocycles. The van der Waals surface area contributed by atoms with E-state index < -0.39 is 0 Å². The topological polar surface area (TPSA) is 46.6 Å². The van der Waals surface area contributed by atoms with Gasteiger partial charge in [0.05, 0.1) is 0 Å². The van der Waals surface area contributed by atoms with Gasteiger partial charge in [-0.1, -0.05) is 6.42 Å². The Bertz CT molecular complexity index is 368. The van der Waals surface area contributed by atoms with E-state index in [9.17, 15) is 9.59 Å². The van der Waals surface area contributed by atoms with Crippen molar-refractivity contribution in [2.75, 3.05) is 13.1 Å². The number of nitrogens with zero attached hydrogens (tertiary/aromatic N) is 1. The predicted molar refractivity (Wildman–Crippen MR) is 70.4 cm³/mol. The molecule has 0 radical (unpaired) electrons. The molecule has 0 aromatic carbocycles. The molecule has 0 aromatic rings. The molecule has 0 spiro atoms. The van der Waals surface area contributed by atoms with Crippen LogP contribution in [0.25, 0.3) is 0 Å². The maximum absolute atomic E-state index is 12.0. The van der Waals surface area contributed by atoms with E-state index in [1.54, 1.807) is 4.90 Å². The van der Waals surface area contributed by atoms with Crippen LogP contribution in [0, 0.1) is 11.8 Å². The van der Waals surface area contributed by atoms with Gasteiger partial charge < -0.3 is 9.64 Å². The van der Waals surface area contributed by atoms with E-state index in [-0.39, 0.29) is 24.5 Å². The highest BCUT2D eigenvalue weighted by Crippen LogP contribution is 2.45. The van der Waals surface area contributed by atoms with E-state index in [2.05, 4.69) is 0 Å². The second-order valence-corrected chi connectivity index (χ2v) is 6.33. The third-order valence-corrected chi connectivity index (χ3v) is 4.95. The molecule has 2 aliphatic carbocycles. The van der Waals surface area contributed by atoms with E-state index >= 15 is 0 Å². The van der Waals surface area contributed by atoms with Gasteiger partial charge in [-0.05, 0) is 50.4 Å². The lowest BCUT2D eigenvalue weighted by Gasteiger charge is -2.24. The van der Waals surface area contributed by atoms with Gasteiger partial charge in [-0.2, -0.15) is 0 Å². The number of amides is 1. The first-order valence-corrected chi connectivity index (χ1v) is 7.69. The molecule has 19 heavy (non-hydrogen) atoms. The Morgan fingerprint density at radius 1 is 1.21 bits per heavy atom. The normalized spacial score (nSPS) is 34.4. The van der Waals surface area contributed by atoms with Crippen molar-refractivity contribution in [3.8, 4) is 0 Å². The van der Waals surface area contributed by atoms with Gasteiger partial charge in [0.1, 0.15) is 12.6 Å². The molecule has 106 valence electrons. The van der Waals surface area contributed by atoms with Crippen molar-refractivity contribution in [1.82, 2.24) is 4.90 Å². The molecule has 0 N–H and O–H groups in total. The van der Waals surface area contributed by atoms with Gasteiger partial charge in [0.2, 0.25) is 5.91 Å². The second-order valence-electron chi connectivity index (χ2n) is 6.33. The average molecular weight is 265 g/mol. The van der Waals surface area contributed by atoms with Crippen LogP contribution in [0.3, 0.4) is 0 Å². The molecule has 3 rings (SSSR count). The lowest BCUT2D eigenvalue weighted by molar-refractivity contribution is -0.155. The number of carbonyl (C=O) groups excluding carboxylic acids is 2. The molecule has 4 heteroatoms. The average Bonchev–Trinajstić information content (AvgIpc) is 2.93. The smallest absolute Gasteiger partial charge is 0.325 e. The van der Waals surface area contributed by atoms with Crippen molar-refractivity contribution >= 4 is 11.9 Å². The minimum Gasteiger partial charge on any atom is -0.461 e. The molecule has 3 aliphatic rings. The zero-order valence-corrected chi connectivity index (χ0v) is 11.5. The monoisotopic (exact) mass is 265 g/mol. The number of fused-ring (bicyclic) bond motifs is 2. The van der Waals surface area contributed by atoms with Gasteiger partial charge >= 0.3 is 5.97 Å². The van der Waals surface area contributed by atoms with Crippen molar-refractivity contribution in [3.63, 3.8) is 0 Å². The molecule has 1 amide bonds. The van der Waals surface area contributed by atoms with Crippen LogP contribution in [-0.4, -0.2) is 36.0 Å². The Morgan fingerprint density at radius 2 is 2.11 bits per heavy atom. The Labute approximate surface area is 114 Å². The van der Waals surface area contributed by atoms with Crippen LogP contribution in [0.4, 0.5) is 0 Å². The fourth-order valence-electron chi connectivity index (χ4n) is 3.90. The van der Waals surface area contributed by atoms with Crippen LogP contribution in [0.5, 0.6) is 0 Å². The summed E-state index contributed by atoms with van der Waals surface area (Å²) in [6, 6.07) is 0. The summed E-state index contributed by atoms with van der Waals surface area (Å²) in [6.07, 6.45) is 8.57. The highest BCUT2D eigenvalue weighted by Gasteiger charge is 2.41. The Balaban J connectivity index is 1.49. The quantitative estimate of drug-likeness (QED) is 0.734. The zero-order chi connectivity index (χ0) is 13.2. The second kappa shape index (κ2) is 5.51. The van der Waals surface area contributed by atoms with Crippen LogP contribution < -0.4 is 0 Å². The first-order valence-electron chi connectivity index (χ1n) is 7.69. The largest absolute Gasteiger partial charge is 0.461 e. The maximum Gasteiger partial charge on any atom is 0.325 e. The number of hydrogen-bond acceptors (Lipinski definition) is 3. The molecule has 3 unspecified atom stereocenters. The maximum atomic E-state index is 12.0. The standard InChI is InChI=1S/C15H23NO3/c17-14-4-2-1-3-7-16(14)10-15(18)19-13-9-11-5-6-12(13)8-11/h11-13H,1-10H2. The lowest BCUT2D eigenvalue weighted by atomic mass is 9.98. The fourth-order valence-corrected chi connectivity index (χ4v) is 3.90. The number of hydrogen-bond donors (Lipinski definition) is 0. The summed E-state index contributed by atoms with van der Waals surface area (Å²) in [5.74, 6) is 1.28. The summed E-state index contributed by atoms with van der Waals surface area (Å²) >= 11 is 0. The van der Waals surface area contributed by atoms with Gasteiger partial charge in [-0.3, -0.25) is 9.59 Å². The Morgan fingerprint density at radius 3 is 2.84 bits per heavy atom. The number of likely N-dealkylation sites (tertiary alicyclic amines) is 1. The number of esters is 1. The van der Waals surface area contributed by atoms with Crippen molar-refractivity contribution in [1.29, 1.82) is 0 Å². The first-order chi connectivity index (χ1) is 9.22. The highest BCUT2D eigenvalue weighted by atomic mass is 16.5. The summed E-state index contributed by atoms with van der Waals surface area (Å²) < 4.78 is 5.60. The molecule has 4 nitrogen and oxygen atoms in total. The van der Waals surface area contributed by atoms with Crippen LogP contribution in [0.1, 0.15) is 51.4 Å². The highest BCUT2D eigenvalue weighted by molar-refractivity contribution is 5.82. The van der Waals surface area contributed by atoms with Crippen LogP contribution in [-0.2, 0) is 14.3 Å². The van der Waals surface area contributed by atoms with E-state index in [1.165, 1.54) is 19.3 Å². The van der Waals surface area contributed by atoms with E-state index in [0.29, 0.717) is 18.9 Å². The third kappa shape index (κ3) is 2.93. The summed E-state index contributed by atoms with van der Waals surface area (Å²) in [7, 11) is 0. The molecule has 3 fully saturated rings. The van der Waals surface area contributed by atoms with Crippen molar-refractivity contribution in [2.45, 2.75) is 57.5 Å². The van der Waals surface area contributed by atoms with Crippen LogP contribution in [0.2, 0.25) is 0 Å². The lowest BCUT2D eigenvalue weighted by Crippen LogP contribution is -2.37. The summed E-state index contributed by atoms with van der Waals surface area (Å²) in [4.78, 5) is 25.5. The van der Waals surface area contributed by atoms with Crippen molar-refractivity contribution < 1.29 is 14.3 Å². The zero-order valence-electron chi connectivity index (χ0n) is 11.5. The minimum atomic E-state index is -0.201. The van der Waals surface area contributed by atoms with E-state index in [1.807, 2.05) is 0 Å². The minimum absolute atomic E-state index is 0.113. The number of rotatable bonds is 3. The molecule has 3 atom stereocenters. The summed E-state index contributed by atoms with van der Waals surface area (Å²) in [5, 5.41) is 0. The number of carbonyl (C=O) groups is 2. The molecule has 0 aromatic heterocycles. The first kappa shape index (κ1) is 12.9. The summed E-state index contributed by atoms with van der Waals surface area (Å²) in [5.41, 5.74) is 0. The SMILES string of the molecule is O=C(CN1CCCCCC1=O)OC1CC2CCC1C2. The molecule has 1 saturated heterocycles. The molecule has 1 aliphatic heterocycles. The van der Waals surface area contributed by atoms with Gasteiger partial charge in [-0.15, -0.1) is 0 Å². The molecular formula is C15H23NO3. The van der Waals surface area contributed by atoms with E-state index in [4.69, 9.17) is 4.74 Å². The van der Waals surface area contributed by atoms with Gasteiger partial charge in [0, 0.05) is 13.0 Å². The van der Waals surface area contributed by atoms with Crippen LogP contribution >= 0.6 is 0 Å². The van der Waals surface area contributed by atoms with Crippen molar-refractivity contribution in [2.24, 2.45) is 11.8 Å². The Hall–Kier alpha value is -1.06. The number of ether oxygens (including phenoxy) is 1.